The summed E-state index contributed by atoms with van der Waals surface area (Å²) in [6.07, 6.45) is 2.14. The molecule has 23 heavy (non-hydrogen) atoms. The van der Waals surface area contributed by atoms with E-state index in [1.54, 1.807) is 10.7 Å². The second-order valence-corrected chi connectivity index (χ2v) is 8.05. The number of benzene rings is 1. The van der Waals surface area contributed by atoms with Crippen molar-refractivity contribution < 1.29 is 4.39 Å². The first-order chi connectivity index (χ1) is 10.7. The fraction of sp³-hybridized carbons (Fsp3) is 0.500. The molecule has 0 unspecified atom stereocenters. The van der Waals surface area contributed by atoms with E-state index in [0.717, 1.165) is 24.1 Å². The lowest BCUT2D eigenvalue weighted by Crippen LogP contribution is -2.35. The van der Waals surface area contributed by atoms with Gasteiger partial charge in [0.2, 0.25) is 0 Å². The minimum absolute atomic E-state index is 0.0152. The lowest BCUT2D eigenvalue weighted by atomic mass is 9.70. The monoisotopic (exact) mass is 334 g/mol. The molecular weight excluding hydrogens is 315 g/mol. The van der Waals surface area contributed by atoms with Gasteiger partial charge in [-0.05, 0) is 42.4 Å². The second-order valence-electron chi connectivity index (χ2n) is 7.64. The van der Waals surface area contributed by atoms with Crippen molar-refractivity contribution in [1.82, 2.24) is 9.36 Å². The van der Waals surface area contributed by atoms with Crippen LogP contribution < -0.4 is 5.56 Å². The maximum atomic E-state index is 13.3. The third-order valence-electron chi connectivity index (χ3n) is 6.54. The van der Waals surface area contributed by atoms with Crippen molar-refractivity contribution in [3.05, 3.63) is 50.7 Å². The van der Waals surface area contributed by atoms with Crippen LogP contribution in [0.1, 0.15) is 50.8 Å². The Morgan fingerprint density at radius 2 is 2.00 bits per heavy atom. The molecule has 0 radical (unpaired) electrons. The van der Waals surface area contributed by atoms with Gasteiger partial charge in [-0.3, -0.25) is 9.48 Å². The zero-order valence-corrected chi connectivity index (χ0v) is 14.5. The third-order valence-corrected chi connectivity index (χ3v) is 6.84. The van der Waals surface area contributed by atoms with Crippen LogP contribution in [-0.2, 0) is 12.5 Å². The Bertz CT molecular complexity index is 895. The predicted octanol–water partition coefficient (Wildman–Crippen LogP) is 4.14. The van der Waals surface area contributed by atoms with Crippen LogP contribution >= 0.6 is 11.6 Å². The molecule has 0 saturated heterocycles. The molecule has 1 aromatic heterocycles. The van der Waals surface area contributed by atoms with Gasteiger partial charge in [0, 0.05) is 18.0 Å². The SMILES string of the molecule is Cn1c2c(c(=O)n1-c1ccc(F)cc1Cl)[C@H]1CC[C@]2(C)C1(C)C. The first-order valence-electron chi connectivity index (χ1n) is 7.98. The molecule has 2 aliphatic carbocycles. The smallest absolute Gasteiger partial charge is 0.275 e. The molecule has 1 heterocycles. The van der Waals surface area contributed by atoms with E-state index in [0.29, 0.717) is 5.69 Å². The first kappa shape index (κ1) is 15.0. The van der Waals surface area contributed by atoms with Gasteiger partial charge >= 0.3 is 0 Å². The molecule has 1 saturated carbocycles. The lowest BCUT2D eigenvalue weighted by Gasteiger charge is -2.36. The second kappa shape index (κ2) is 4.29. The number of halogens is 2. The van der Waals surface area contributed by atoms with Gasteiger partial charge in [0.1, 0.15) is 5.82 Å². The summed E-state index contributed by atoms with van der Waals surface area (Å²) in [5.41, 5.74) is 2.63. The summed E-state index contributed by atoms with van der Waals surface area (Å²) in [6.45, 7) is 6.79. The van der Waals surface area contributed by atoms with Gasteiger partial charge in [-0.15, -0.1) is 0 Å². The Labute approximate surface area is 139 Å². The maximum Gasteiger partial charge on any atom is 0.275 e. The summed E-state index contributed by atoms with van der Waals surface area (Å²) < 4.78 is 16.9. The van der Waals surface area contributed by atoms with E-state index in [1.807, 2.05) is 11.7 Å². The molecule has 2 atom stereocenters. The lowest BCUT2D eigenvalue weighted by molar-refractivity contribution is 0.218. The molecule has 3 nitrogen and oxygen atoms in total. The molecule has 4 rings (SSSR count). The molecule has 0 amide bonds. The average Bonchev–Trinajstić information content (AvgIpc) is 2.92. The van der Waals surface area contributed by atoms with Crippen molar-refractivity contribution in [3.8, 4) is 5.69 Å². The van der Waals surface area contributed by atoms with Crippen LogP contribution in [0.5, 0.6) is 0 Å². The van der Waals surface area contributed by atoms with Crippen LogP contribution in [0.2, 0.25) is 5.02 Å². The van der Waals surface area contributed by atoms with E-state index in [1.165, 1.54) is 12.1 Å². The molecule has 5 heteroatoms. The molecule has 0 spiro atoms. The fourth-order valence-corrected chi connectivity index (χ4v) is 5.20. The van der Waals surface area contributed by atoms with E-state index < -0.39 is 5.82 Å². The van der Waals surface area contributed by atoms with Crippen LogP contribution in [0.25, 0.3) is 5.69 Å². The highest BCUT2D eigenvalue weighted by atomic mass is 35.5. The Balaban J connectivity index is 2.03. The Morgan fingerprint density at radius 3 is 2.61 bits per heavy atom. The van der Waals surface area contributed by atoms with E-state index in [4.69, 9.17) is 11.6 Å². The number of hydrogen-bond acceptors (Lipinski definition) is 1. The maximum absolute atomic E-state index is 13.3. The van der Waals surface area contributed by atoms with Crippen molar-refractivity contribution in [1.29, 1.82) is 0 Å². The highest BCUT2D eigenvalue weighted by Gasteiger charge is 2.62. The van der Waals surface area contributed by atoms with Crippen LogP contribution in [0.15, 0.2) is 23.0 Å². The number of nitrogens with zero attached hydrogens (tertiary/aromatic N) is 2. The minimum Gasteiger partial charge on any atom is -0.284 e. The number of rotatable bonds is 1. The standard InChI is InChI=1S/C18H20ClFN2O/c1-17(2)11-7-8-18(17,3)15-14(11)16(23)22(21(15)4)13-6-5-10(20)9-12(13)19/h5-6,9,11H,7-8H2,1-4H3/t11-,18+/m1/s1. The minimum atomic E-state index is -0.401. The Kier molecular flexibility index (Phi) is 2.80. The van der Waals surface area contributed by atoms with Gasteiger partial charge in [-0.1, -0.05) is 32.4 Å². The van der Waals surface area contributed by atoms with Crippen molar-refractivity contribution >= 4 is 11.6 Å². The summed E-state index contributed by atoms with van der Waals surface area (Å²) in [5, 5.41) is 0.253. The van der Waals surface area contributed by atoms with E-state index in [2.05, 4.69) is 20.8 Å². The summed E-state index contributed by atoms with van der Waals surface area (Å²) >= 11 is 6.20. The molecule has 2 aliphatic rings. The summed E-state index contributed by atoms with van der Waals surface area (Å²) in [5.74, 6) is -0.122. The van der Waals surface area contributed by atoms with E-state index in [9.17, 15) is 9.18 Å². The molecule has 0 N–H and O–H groups in total. The summed E-state index contributed by atoms with van der Waals surface area (Å²) in [4.78, 5) is 13.1. The molecular formula is C18H20ClFN2O. The van der Waals surface area contributed by atoms with Gasteiger partial charge in [0.25, 0.3) is 5.56 Å². The van der Waals surface area contributed by atoms with Crippen LogP contribution in [0.4, 0.5) is 4.39 Å². The van der Waals surface area contributed by atoms with Crippen molar-refractivity contribution in [2.24, 2.45) is 12.5 Å². The Hall–Kier alpha value is -1.55. The van der Waals surface area contributed by atoms with Gasteiger partial charge in [-0.2, -0.15) is 0 Å². The van der Waals surface area contributed by atoms with Crippen molar-refractivity contribution in [2.45, 2.75) is 44.9 Å². The van der Waals surface area contributed by atoms with Gasteiger partial charge in [0.15, 0.2) is 0 Å². The quantitative estimate of drug-likeness (QED) is 0.770. The van der Waals surface area contributed by atoms with Gasteiger partial charge in [0.05, 0.1) is 16.4 Å². The molecule has 2 aromatic rings. The molecule has 1 fully saturated rings. The molecule has 1 aromatic carbocycles. The van der Waals surface area contributed by atoms with Gasteiger partial charge in [-0.25, -0.2) is 9.07 Å². The number of hydrogen-bond donors (Lipinski definition) is 0. The van der Waals surface area contributed by atoms with Crippen molar-refractivity contribution in [3.63, 3.8) is 0 Å². The average molecular weight is 335 g/mol. The van der Waals surface area contributed by atoms with Crippen LogP contribution in [0.3, 0.4) is 0 Å². The Morgan fingerprint density at radius 1 is 1.30 bits per heavy atom. The van der Waals surface area contributed by atoms with Gasteiger partial charge < -0.3 is 0 Å². The van der Waals surface area contributed by atoms with Crippen molar-refractivity contribution in [2.75, 3.05) is 0 Å². The molecule has 122 valence electrons. The highest BCUT2D eigenvalue weighted by molar-refractivity contribution is 6.32. The fourth-order valence-electron chi connectivity index (χ4n) is 4.95. The topological polar surface area (TPSA) is 26.9 Å². The predicted molar refractivity (Wildman–Crippen MR) is 89.1 cm³/mol. The molecule has 0 aliphatic heterocycles. The molecule has 2 bridgehead atoms. The zero-order chi connectivity index (χ0) is 16.7. The number of aromatic nitrogens is 2. The van der Waals surface area contributed by atoms with E-state index >= 15 is 0 Å². The summed E-state index contributed by atoms with van der Waals surface area (Å²) in [6, 6.07) is 4.16. The van der Waals surface area contributed by atoms with Crippen LogP contribution in [-0.4, -0.2) is 9.36 Å². The van der Waals surface area contributed by atoms with Crippen LogP contribution in [0, 0.1) is 11.2 Å². The van der Waals surface area contributed by atoms with E-state index in [-0.39, 0.29) is 27.3 Å². The normalized spacial score (nSPS) is 27.5. The zero-order valence-electron chi connectivity index (χ0n) is 13.8. The third kappa shape index (κ3) is 1.58. The largest absolute Gasteiger partial charge is 0.284 e. The summed E-state index contributed by atoms with van der Waals surface area (Å²) in [7, 11) is 1.90. The number of fused-ring (bicyclic) bond motifs is 5. The highest BCUT2D eigenvalue weighted by Crippen LogP contribution is 2.66. The first-order valence-corrected chi connectivity index (χ1v) is 8.36.